The number of benzene rings is 2. The van der Waals surface area contributed by atoms with Crippen LogP contribution in [0.25, 0.3) is 16.9 Å². The monoisotopic (exact) mass is 407 g/mol. The van der Waals surface area contributed by atoms with E-state index in [2.05, 4.69) is 10.3 Å². The van der Waals surface area contributed by atoms with E-state index in [1.165, 1.54) is 18.2 Å². The van der Waals surface area contributed by atoms with Gasteiger partial charge in [0.15, 0.2) is 0 Å². The molecule has 30 heavy (non-hydrogen) atoms. The number of ether oxygens (including phenoxy) is 1. The van der Waals surface area contributed by atoms with Crippen molar-refractivity contribution in [1.29, 1.82) is 0 Å². The van der Waals surface area contributed by atoms with Gasteiger partial charge in [0.2, 0.25) is 5.88 Å². The van der Waals surface area contributed by atoms with Crippen LogP contribution in [0.1, 0.15) is 17.5 Å². The van der Waals surface area contributed by atoms with Gasteiger partial charge in [0.25, 0.3) is 0 Å². The van der Waals surface area contributed by atoms with Crippen LogP contribution < -0.4 is 10.1 Å². The third-order valence-electron chi connectivity index (χ3n) is 4.89. The lowest BCUT2D eigenvalue weighted by atomic mass is 10.1. The summed E-state index contributed by atoms with van der Waals surface area (Å²) in [5.74, 6) is 0.140. The van der Waals surface area contributed by atoms with Gasteiger partial charge in [-0.25, -0.2) is 13.8 Å². The van der Waals surface area contributed by atoms with Gasteiger partial charge < -0.3 is 10.1 Å². The Labute approximate surface area is 174 Å². The maximum Gasteiger partial charge on any atom is 0.226 e. The number of anilines is 1. The molecule has 0 fully saturated rings. The van der Waals surface area contributed by atoms with Crippen LogP contribution in [0.15, 0.2) is 60.8 Å². The summed E-state index contributed by atoms with van der Waals surface area (Å²) in [7, 11) is 0. The zero-order valence-corrected chi connectivity index (χ0v) is 17.0. The van der Waals surface area contributed by atoms with Crippen LogP contribution in [-0.2, 0) is 0 Å². The van der Waals surface area contributed by atoms with Crippen LogP contribution >= 0.6 is 0 Å². The molecule has 0 atom stereocenters. The fraction of sp³-hybridized carbons (Fsp3) is 0.208. The lowest BCUT2D eigenvalue weighted by molar-refractivity contribution is 0.302. The van der Waals surface area contributed by atoms with Crippen molar-refractivity contribution in [2.24, 2.45) is 0 Å². The van der Waals surface area contributed by atoms with Gasteiger partial charge in [-0.05, 0) is 79.9 Å². The van der Waals surface area contributed by atoms with Gasteiger partial charge in [0, 0.05) is 24.0 Å². The first-order chi connectivity index (χ1) is 14.5. The molecule has 0 aliphatic heterocycles. The summed E-state index contributed by atoms with van der Waals surface area (Å²) in [6, 6.07) is 15.2. The Bertz CT molecular complexity index is 1170. The van der Waals surface area contributed by atoms with Crippen LogP contribution in [0.4, 0.5) is 14.5 Å². The van der Waals surface area contributed by atoms with Gasteiger partial charge >= 0.3 is 0 Å². The van der Waals surface area contributed by atoms with E-state index in [-0.39, 0.29) is 11.6 Å². The molecule has 4 rings (SSSR count). The number of imidazole rings is 1. The molecule has 0 unspecified atom stereocenters. The van der Waals surface area contributed by atoms with Crippen molar-refractivity contribution < 1.29 is 13.5 Å². The summed E-state index contributed by atoms with van der Waals surface area (Å²) >= 11 is 0. The second-order valence-corrected chi connectivity index (χ2v) is 7.30. The Hall–Kier alpha value is -3.41. The zero-order chi connectivity index (χ0) is 21.1. The second kappa shape index (κ2) is 8.53. The summed E-state index contributed by atoms with van der Waals surface area (Å²) in [6.45, 7) is 4.92. The van der Waals surface area contributed by atoms with Crippen molar-refractivity contribution >= 4 is 11.3 Å². The number of fused-ring (bicyclic) bond motifs is 1. The number of hydrogen-bond acceptors (Lipinski definition) is 3. The molecule has 154 valence electrons. The molecule has 0 radical (unpaired) electrons. The lowest BCUT2D eigenvalue weighted by Gasteiger charge is -2.10. The van der Waals surface area contributed by atoms with Crippen molar-refractivity contribution in [2.75, 3.05) is 18.5 Å². The minimum Gasteiger partial charge on any atom is -0.477 e. The highest BCUT2D eigenvalue weighted by Crippen LogP contribution is 2.31. The molecule has 1 N–H and O–H groups in total. The molecule has 0 aliphatic carbocycles. The molecule has 0 saturated carbocycles. The van der Waals surface area contributed by atoms with Gasteiger partial charge in [-0.3, -0.25) is 4.40 Å². The van der Waals surface area contributed by atoms with Crippen LogP contribution in [0, 0.1) is 25.5 Å². The zero-order valence-electron chi connectivity index (χ0n) is 17.0. The van der Waals surface area contributed by atoms with E-state index in [9.17, 15) is 8.78 Å². The smallest absolute Gasteiger partial charge is 0.226 e. The van der Waals surface area contributed by atoms with Gasteiger partial charge in [0.05, 0.1) is 6.61 Å². The van der Waals surface area contributed by atoms with Gasteiger partial charge in [-0.1, -0.05) is 6.07 Å². The number of pyridine rings is 1. The van der Waals surface area contributed by atoms with E-state index in [1.807, 2.05) is 29.7 Å². The van der Waals surface area contributed by atoms with Crippen LogP contribution in [0.2, 0.25) is 0 Å². The Morgan fingerprint density at radius 3 is 2.57 bits per heavy atom. The fourth-order valence-electron chi connectivity index (χ4n) is 3.29. The van der Waals surface area contributed by atoms with Crippen LogP contribution in [0.3, 0.4) is 0 Å². The topological polar surface area (TPSA) is 38.6 Å². The minimum absolute atomic E-state index is 0.208. The molecule has 6 heteroatoms. The molecule has 4 nitrogen and oxygen atoms in total. The van der Waals surface area contributed by atoms with Crippen molar-refractivity contribution in [3.63, 3.8) is 0 Å². The number of aromatic nitrogens is 2. The molecule has 0 saturated heterocycles. The molecular weight excluding hydrogens is 384 g/mol. The van der Waals surface area contributed by atoms with Gasteiger partial charge in [-0.15, -0.1) is 0 Å². The molecule has 0 aliphatic rings. The van der Waals surface area contributed by atoms with E-state index >= 15 is 0 Å². The molecule has 2 heterocycles. The summed E-state index contributed by atoms with van der Waals surface area (Å²) in [5, 5.41) is 3.28. The lowest BCUT2D eigenvalue weighted by Crippen LogP contribution is -2.08. The van der Waals surface area contributed by atoms with E-state index in [1.54, 1.807) is 31.2 Å². The molecule has 0 spiro atoms. The van der Waals surface area contributed by atoms with Crippen molar-refractivity contribution in [2.45, 2.75) is 20.3 Å². The van der Waals surface area contributed by atoms with Gasteiger partial charge in [-0.2, -0.15) is 0 Å². The SMILES string of the molecule is Cc1ccc2nc(-c3ccc(F)cc3)c(OCCCNc3ccc(F)c(C)c3)n2c1. The predicted octanol–water partition coefficient (Wildman–Crippen LogP) is 5.78. The molecule has 2 aromatic carbocycles. The largest absolute Gasteiger partial charge is 0.477 e. The van der Waals surface area contributed by atoms with E-state index in [0.29, 0.717) is 30.3 Å². The maximum absolute atomic E-state index is 13.4. The second-order valence-electron chi connectivity index (χ2n) is 7.30. The molecule has 2 aromatic heterocycles. The maximum atomic E-state index is 13.4. The van der Waals surface area contributed by atoms with Crippen LogP contribution in [-0.4, -0.2) is 22.5 Å². The fourth-order valence-corrected chi connectivity index (χ4v) is 3.29. The minimum atomic E-state index is -0.289. The standard InChI is InChI=1S/C24H23F2N3O/c1-16-4-11-22-28-23(18-5-7-19(25)8-6-18)24(29(22)15-16)30-13-3-12-27-20-9-10-21(26)17(2)14-20/h4-11,14-15,27H,3,12-13H2,1-2H3. The average molecular weight is 407 g/mol. The van der Waals surface area contributed by atoms with E-state index in [4.69, 9.17) is 4.74 Å². The highest BCUT2D eigenvalue weighted by molar-refractivity contribution is 5.69. The van der Waals surface area contributed by atoms with E-state index < -0.39 is 0 Å². The van der Waals surface area contributed by atoms with Crippen molar-refractivity contribution in [3.05, 3.63) is 83.6 Å². The first kappa shape index (κ1) is 19.9. The highest BCUT2D eigenvalue weighted by atomic mass is 19.1. The molecule has 4 aromatic rings. The first-order valence-electron chi connectivity index (χ1n) is 9.89. The summed E-state index contributed by atoms with van der Waals surface area (Å²) < 4.78 is 34.8. The number of nitrogens with zero attached hydrogens (tertiary/aromatic N) is 2. The summed E-state index contributed by atoms with van der Waals surface area (Å²) in [5.41, 5.74) is 4.83. The van der Waals surface area contributed by atoms with Crippen LogP contribution in [0.5, 0.6) is 5.88 Å². The first-order valence-corrected chi connectivity index (χ1v) is 9.89. The predicted molar refractivity (Wildman–Crippen MR) is 115 cm³/mol. The Morgan fingerprint density at radius 1 is 1.00 bits per heavy atom. The normalized spacial score (nSPS) is 11.1. The third kappa shape index (κ3) is 4.27. The summed E-state index contributed by atoms with van der Waals surface area (Å²) in [4.78, 5) is 4.68. The highest BCUT2D eigenvalue weighted by Gasteiger charge is 2.16. The molecule has 0 amide bonds. The third-order valence-corrected chi connectivity index (χ3v) is 4.89. The molecular formula is C24H23F2N3O. The summed E-state index contributed by atoms with van der Waals surface area (Å²) in [6.07, 6.45) is 2.72. The number of hydrogen-bond donors (Lipinski definition) is 1. The number of halogens is 2. The van der Waals surface area contributed by atoms with E-state index in [0.717, 1.165) is 28.9 Å². The number of nitrogens with one attached hydrogen (secondary N) is 1. The quantitative estimate of drug-likeness (QED) is 0.395. The van der Waals surface area contributed by atoms with Crippen molar-refractivity contribution in [1.82, 2.24) is 9.38 Å². The van der Waals surface area contributed by atoms with Gasteiger partial charge in [0.1, 0.15) is 23.0 Å². The van der Waals surface area contributed by atoms with Crippen molar-refractivity contribution in [3.8, 4) is 17.1 Å². The number of rotatable bonds is 7. The number of aryl methyl sites for hydroxylation is 2. The Morgan fingerprint density at radius 2 is 1.80 bits per heavy atom. The Balaban J connectivity index is 1.48. The Kier molecular flexibility index (Phi) is 5.65. The average Bonchev–Trinajstić information content (AvgIpc) is 3.08. The molecule has 0 bridgehead atoms.